The van der Waals surface area contributed by atoms with E-state index in [2.05, 4.69) is 33.3 Å². The van der Waals surface area contributed by atoms with Crippen LogP contribution >= 0.6 is 0 Å². The first kappa shape index (κ1) is 13.5. The van der Waals surface area contributed by atoms with Gasteiger partial charge in [-0.2, -0.15) is 0 Å². The van der Waals surface area contributed by atoms with Crippen molar-refractivity contribution in [1.29, 1.82) is 0 Å². The summed E-state index contributed by atoms with van der Waals surface area (Å²) in [6, 6.07) is 2.10. The third kappa shape index (κ3) is 2.20. The van der Waals surface area contributed by atoms with Gasteiger partial charge in [0.2, 0.25) is 0 Å². The van der Waals surface area contributed by atoms with Crippen LogP contribution in [-0.4, -0.2) is 47.7 Å². The van der Waals surface area contributed by atoms with Crippen molar-refractivity contribution in [1.82, 2.24) is 15.0 Å². The predicted molar refractivity (Wildman–Crippen MR) is 81.6 cm³/mol. The van der Waals surface area contributed by atoms with Crippen molar-refractivity contribution >= 4 is 39.9 Å². The van der Waals surface area contributed by atoms with Crippen LogP contribution in [0.15, 0.2) is 6.07 Å². The van der Waals surface area contributed by atoms with Gasteiger partial charge in [0.15, 0.2) is 0 Å². The number of hydrogen-bond donors (Lipinski definition) is 2. The minimum atomic E-state index is 0.0914. The summed E-state index contributed by atoms with van der Waals surface area (Å²) in [6.45, 7) is 6.62. The van der Waals surface area contributed by atoms with Gasteiger partial charge in [0.1, 0.15) is 0 Å². The Morgan fingerprint density at radius 1 is 1.20 bits per heavy atom. The molecule has 0 amide bonds. The fourth-order valence-electron chi connectivity index (χ4n) is 2.38. The summed E-state index contributed by atoms with van der Waals surface area (Å²) < 4.78 is 2.28. The Kier molecular flexibility index (Phi) is 3.46. The Morgan fingerprint density at radius 3 is 2.75 bits per heavy atom. The monoisotopic (exact) mass is 336 g/mol. The average Bonchev–Trinajstić information content (AvgIpc) is 2.74. The van der Waals surface area contributed by atoms with E-state index in [4.69, 9.17) is 5.11 Å². The molecule has 3 heterocycles. The van der Waals surface area contributed by atoms with Crippen molar-refractivity contribution in [3.05, 3.63) is 23.1 Å². The SMILES string of the molecule is Cc1cc(C)c2c(n1)[se]c1c(NCCO)nc(C)nc12. The molecule has 0 fully saturated rings. The van der Waals surface area contributed by atoms with Crippen LogP contribution in [0.1, 0.15) is 17.1 Å². The minimum absolute atomic E-state index is 0.0914. The number of hydrogen-bond acceptors (Lipinski definition) is 5. The maximum atomic E-state index is 8.99. The second kappa shape index (κ2) is 5.13. The molecular formula is C14H16N4OSe. The zero-order valence-corrected chi connectivity index (χ0v) is 13.4. The zero-order valence-electron chi connectivity index (χ0n) is 11.7. The van der Waals surface area contributed by atoms with E-state index in [0.717, 1.165) is 31.5 Å². The Morgan fingerprint density at radius 2 is 2.00 bits per heavy atom. The van der Waals surface area contributed by atoms with Crippen LogP contribution in [0.5, 0.6) is 0 Å². The number of aryl methyl sites for hydroxylation is 3. The van der Waals surface area contributed by atoms with Gasteiger partial charge in [-0.3, -0.25) is 0 Å². The molecule has 0 saturated heterocycles. The molecule has 3 aromatic rings. The summed E-state index contributed by atoms with van der Waals surface area (Å²) in [7, 11) is 0. The molecule has 0 unspecified atom stereocenters. The van der Waals surface area contributed by atoms with Crippen LogP contribution in [0, 0.1) is 20.8 Å². The van der Waals surface area contributed by atoms with Crippen LogP contribution in [0.4, 0.5) is 5.82 Å². The summed E-state index contributed by atoms with van der Waals surface area (Å²) in [5.74, 6) is 1.59. The molecule has 0 saturated carbocycles. The Balaban J connectivity index is 2.35. The topological polar surface area (TPSA) is 70.9 Å². The van der Waals surface area contributed by atoms with Crippen molar-refractivity contribution in [3.8, 4) is 0 Å². The number of nitrogens with zero attached hydrogens (tertiary/aromatic N) is 3. The van der Waals surface area contributed by atoms with Crippen molar-refractivity contribution < 1.29 is 5.11 Å². The molecule has 0 spiro atoms. The molecule has 2 N–H and O–H groups in total. The van der Waals surface area contributed by atoms with E-state index in [1.54, 1.807) is 0 Å². The molecule has 20 heavy (non-hydrogen) atoms. The molecular weight excluding hydrogens is 319 g/mol. The standard InChI is InChI=1S/C14H16N4OSe/c1-7-6-8(2)16-14-10(7)11-12(20-14)13(15-4-5-19)18-9(3)17-11/h6,19H,4-5H2,1-3H3,(H,15,17,18). The Hall–Kier alpha value is -1.49. The molecule has 3 aromatic heterocycles. The number of aliphatic hydroxyl groups excluding tert-OH is 1. The van der Waals surface area contributed by atoms with Crippen molar-refractivity contribution in [2.24, 2.45) is 0 Å². The van der Waals surface area contributed by atoms with E-state index in [9.17, 15) is 0 Å². The number of nitrogens with one attached hydrogen (secondary N) is 1. The molecule has 0 atom stereocenters. The summed E-state index contributed by atoms with van der Waals surface area (Å²) in [5.41, 5.74) is 3.28. The molecule has 0 radical (unpaired) electrons. The Labute approximate surface area is 122 Å². The average molecular weight is 335 g/mol. The first-order valence-electron chi connectivity index (χ1n) is 6.50. The van der Waals surface area contributed by atoms with E-state index in [0.29, 0.717) is 6.54 Å². The van der Waals surface area contributed by atoms with Gasteiger partial charge >= 0.3 is 122 Å². The normalized spacial score (nSPS) is 11.4. The van der Waals surface area contributed by atoms with E-state index in [1.807, 2.05) is 13.8 Å². The van der Waals surface area contributed by atoms with Crippen LogP contribution in [0.2, 0.25) is 0 Å². The quantitative estimate of drug-likeness (QED) is 0.711. The molecule has 0 aliphatic heterocycles. The van der Waals surface area contributed by atoms with E-state index < -0.39 is 0 Å². The van der Waals surface area contributed by atoms with Crippen LogP contribution < -0.4 is 5.32 Å². The fraction of sp³-hybridized carbons (Fsp3) is 0.357. The van der Waals surface area contributed by atoms with Gasteiger partial charge in [0, 0.05) is 0 Å². The molecule has 5 nitrogen and oxygen atoms in total. The second-order valence-corrected chi connectivity index (χ2v) is 6.91. The van der Waals surface area contributed by atoms with E-state index >= 15 is 0 Å². The number of anilines is 1. The zero-order chi connectivity index (χ0) is 14.3. The molecule has 0 bridgehead atoms. The van der Waals surface area contributed by atoms with Gasteiger partial charge in [0.05, 0.1) is 0 Å². The summed E-state index contributed by atoms with van der Waals surface area (Å²) >= 11 is 0.118. The van der Waals surface area contributed by atoms with Gasteiger partial charge in [-0.05, 0) is 0 Å². The first-order valence-corrected chi connectivity index (χ1v) is 8.21. The van der Waals surface area contributed by atoms with Crippen LogP contribution in [0.25, 0.3) is 19.6 Å². The first-order chi connectivity index (χ1) is 9.60. The molecule has 3 rings (SSSR count). The summed E-state index contributed by atoms with van der Waals surface area (Å²) in [4.78, 5) is 13.8. The third-order valence-corrected chi connectivity index (χ3v) is 5.39. The van der Waals surface area contributed by atoms with Crippen LogP contribution in [-0.2, 0) is 0 Å². The van der Waals surface area contributed by atoms with Gasteiger partial charge in [-0.1, -0.05) is 0 Å². The summed E-state index contributed by atoms with van der Waals surface area (Å²) in [5, 5.41) is 13.3. The Bertz CT molecular complexity index is 797. The van der Waals surface area contributed by atoms with Crippen LogP contribution in [0.3, 0.4) is 0 Å². The van der Waals surface area contributed by atoms with Gasteiger partial charge in [-0.25, -0.2) is 0 Å². The van der Waals surface area contributed by atoms with E-state index in [-0.39, 0.29) is 21.1 Å². The van der Waals surface area contributed by atoms with Gasteiger partial charge < -0.3 is 0 Å². The molecule has 104 valence electrons. The number of aromatic nitrogens is 3. The summed E-state index contributed by atoms with van der Waals surface area (Å²) in [6.07, 6.45) is 0. The van der Waals surface area contributed by atoms with Gasteiger partial charge in [-0.15, -0.1) is 0 Å². The molecule has 0 aliphatic rings. The number of fused-ring (bicyclic) bond motifs is 3. The molecule has 6 heteroatoms. The van der Waals surface area contributed by atoms with Crippen molar-refractivity contribution in [2.45, 2.75) is 20.8 Å². The van der Waals surface area contributed by atoms with E-state index in [1.165, 1.54) is 10.9 Å². The molecule has 0 aliphatic carbocycles. The predicted octanol–water partition coefficient (Wildman–Crippen LogP) is 1.56. The van der Waals surface area contributed by atoms with Crippen molar-refractivity contribution in [3.63, 3.8) is 0 Å². The number of rotatable bonds is 3. The van der Waals surface area contributed by atoms with Crippen molar-refractivity contribution in [2.75, 3.05) is 18.5 Å². The van der Waals surface area contributed by atoms with Gasteiger partial charge in [0.25, 0.3) is 0 Å². The number of aliphatic hydroxyl groups is 1. The number of pyridine rings is 1. The maximum absolute atomic E-state index is 8.99. The molecule has 0 aromatic carbocycles. The third-order valence-electron chi connectivity index (χ3n) is 3.13. The fourth-order valence-corrected chi connectivity index (χ4v) is 4.90. The second-order valence-electron chi connectivity index (χ2n) is 4.81.